The standard InChI is InChI=1S/C22H25F2N3OS/c1-5-26(6-2)11-12-27(21(28)17-9-8-16(23)13-18(17)24)22-25-20-15(4)14(3)7-10-19(20)29-22/h7-10,13H,5-6,11-12H2,1-4H3. The fraction of sp³-hybridized carbons (Fsp3) is 0.364. The first-order valence-corrected chi connectivity index (χ1v) is 10.5. The summed E-state index contributed by atoms with van der Waals surface area (Å²) in [7, 11) is 0. The van der Waals surface area contributed by atoms with Crippen LogP contribution in [0, 0.1) is 25.5 Å². The minimum Gasteiger partial charge on any atom is -0.302 e. The van der Waals surface area contributed by atoms with Gasteiger partial charge >= 0.3 is 0 Å². The van der Waals surface area contributed by atoms with Crippen molar-refractivity contribution in [3.63, 3.8) is 0 Å². The largest absolute Gasteiger partial charge is 0.302 e. The van der Waals surface area contributed by atoms with Crippen LogP contribution in [-0.2, 0) is 0 Å². The van der Waals surface area contributed by atoms with E-state index in [9.17, 15) is 13.6 Å². The molecular formula is C22H25F2N3OS. The Hall–Kier alpha value is -2.38. The average molecular weight is 418 g/mol. The summed E-state index contributed by atoms with van der Waals surface area (Å²) in [5.74, 6) is -2.08. The summed E-state index contributed by atoms with van der Waals surface area (Å²) in [4.78, 5) is 21.6. The number of aryl methyl sites for hydroxylation is 2. The number of carbonyl (C=O) groups is 1. The Kier molecular flexibility index (Phi) is 6.59. The maximum atomic E-state index is 14.3. The quantitative estimate of drug-likeness (QED) is 0.531. The van der Waals surface area contributed by atoms with E-state index in [1.54, 1.807) is 0 Å². The predicted molar refractivity (Wildman–Crippen MR) is 115 cm³/mol. The van der Waals surface area contributed by atoms with E-state index in [-0.39, 0.29) is 5.56 Å². The molecule has 0 unspecified atom stereocenters. The van der Waals surface area contributed by atoms with E-state index in [4.69, 9.17) is 4.98 Å². The highest BCUT2D eigenvalue weighted by Gasteiger charge is 2.25. The molecule has 0 aliphatic carbocycles. The highest BCUT2D eigenvalue weighted by molar-refractivity contribution is 7.22. The number of thiazole rings is 1. The molecule has 0 bridgehead atoms. The molecule has 3 rings (SSSR count). The Morgan fingerprint density at radius 3 is 2.45 bits per heavy atom. The Balaban J connectivity index is 2.03. The predicted octanol–water partition coefficient (Wildman–Crippen LogP) is 5.18. The van der Waals surface area contributed by atoms with Crippen LogP contribution in [0.5, 0.6) is 0 Å². The number of likely N-dealkylation sites (N-methyl/N-ethyl adjacent to an activating group) is 1. The van der Waals surface area contributed by atoms with Crippen LogP contribution in [0.3, 0.4) is 0 Å². The first kappa shape index (κ1) is 21.3. The maximum absolute atomic E-state index is 14.3. The zero-order chi connectivity index (χ0) is 21.1. The van der Waals surface area contributed by atoms with E-state index in [1.807, 2.05) is 26.0 Å². The lowest BCUT2D eigenvalue weighted by Gasteiger charge is -2.24. The van der Waals surface area contributed by atoms with Gasteiger partial charge in [0.2, 0.25) is 0 Å². The molecule has 1 amide bonds. The van der Waals surface area contributed by atoms with Crippen LogP contribution in [0.25, 0.3) is 10.2 Å². The molecule has 154 valence electrons. The summed E-state index contributed by atoms with van der Waals surface area (Å²) < 4.78 is 28.6. The van der Waals surface area contributed by atoms with Crippen LogP contribution < -0.4 is 4.90 Å². The molecule has 0 N–H and O–H groups in total. The molecule has 29 heavy (non-hydrogen) atoms. The number of nitrogens with zero attached hydrogens (tertiary/aromatic N) is 3. The molecule has 1 heterocycles. The maximum Gasteiger partial charge on any atom is 0.263 e. The van der Waals surface area contributed by atoms with E-state index in [2.05, 4.69) is 18.7 Å². The van der Waals surface area contributed by atoms with Crippen molar-refractivity contribution in [3.05, 3.63) is 58.7 Å². The number of aromatic nitrogens is 1. The van der Waals surface area contributed by atoms with Crippen molar-refractivity contribution in [1.82, 2.24) is 9.88 Å². The number of hydrogen-bond donors (Lipinski definition) is 0. The summed E-state index contributed by atoms with van der Waals surface area (Å²) in [6, 6.07) is 7.05. The van der Waals surface area contributed by atoms with Gasteiger partial charge in [-0.05, 0) is 56.3 Å². The van der Waals surface area contributed by atoms with Crippen LogP contribution in [0.1, 0.15) is 35.3 Å². The minimum absolute atomic E-state index is 0.155. The molecule has 3 aromatic rings. The molecule has 2 aromatic carbocycles. The third-order valence-electron chi connectivity index (χ3n) is 5.25. The van der Waals surface area contributed by atoms with Crippen LogP contribution in [-0.4, -0.2) is 42.0 Å². The Labute approximate surface area is 173 Å². The van der Waals surface area contributed by atoms with Crippen LogP contribution >= 0.6 is 11.3 Å². The van der Waals surface area contributed by atoms with Crippen LogP contribution in [0.15, 0.2) is 30.3 Å². The van der Waals surface area contributed by atoms with Crippen LogP contribution in [0.4, 0.5) is 13.9 Å². The second-order valence-electron chi connectivity index (χ2n) is 6.96. The lowest BCUT2D eigenvalue weighted by Crippen LogP contribution is -2.39. The van der Waals surface area contributed by atoms with Gasteiger partial charge in [-0.1, -0.05) is 31.3 Å². The number of rotatable bonds is 7. The van der Waals surface area contributed by atoms with Crippen molar-refractivity contribution in [2.45, 2.75) is 27.7 Å². The van der Waals surface area contributed by atoms with Crippen molar-refractivity contribution >= 4 is 32.6 Å². The zero-order valence-corrected chi connectivity index (χ0v) is 17.9. The third-order valence-corrected chi connectivity index (χ3v) is 6.29. The number of anilines is 1. The molecule has 0 aliphatic heterocycles. The molecule has 0 radical (unpaired) electrons. The SMILES string of the molecule is CCN(CC)CCN(C(=O)c1ccc(F)cc1F)c1nc2c(C)c(C)ccc2s1. The summed E-state index contributed by atoms with van der Waals surface area (Å²) in [6.45, 7) is 10.8. The second kappa shape index (κ2) is 8.97. The van der Waals surface area contributed by atoms with Gasteiger partial charge in [0.25, 0.3) is 5.91 Å². The Bertz CT molecular complexity index is 1030. The normalized spacial score (nSPS) is 11.4. The Morgan fingerprint density at radius 1 is 1.07 bits per heavy atom. The third kappa shape index (κ3) is 4.46. The number of carbonyl (C=O) groups excluding carboxylic acids is 1. The topological polar surface area (TPSA) is 36.4 Å². The summed E-state index contributed by atoms with van der Waals surface area (Å²) >= 11 is 1.41. The van der Waals surface area contributed by atoms with E-state index < -0.39 is 17.5 Å². The number of amides is 1. The van der Waals surface area contributed by atoms with E-state index in [0.717, 1.165) is 46.6 Å². The molecule has 0 atom stereocenters. The molecule has 1 aromatic heterocycles. The Morgan fingerprint density at radius 2 is 1.79 bits per heavy atom. The van der Waals surface area contributed by atoms with Crippen molar-refractivity contribution in [3.8, 4) is 0 Å². The molecule has 0 fully saturated rings. The average Bonchev–Trinajstić information content (AvgIpc) is 3.12. The first-order chi connectivity index (χ1) is 13.8. The number of hydrogen-bond acceptors (Lipinski definition) is 4. The van der Waals surface area contributed by atoms with Crippen molar-refractivity contribution in [1.29, 1.82) is 0 Å². The van der Waals surface area contributed by atoms with E-state index in [0.29, 0.717) is 18.2 Å². The molecule has 4 nitrogen and oxygen atoms in total. The fourth-order valence-electron chi connectivity index (χ4n) is 3.20. The fourth-order valence-corrected chi connectivity index (χ4v) is 4.25. The molecule has 0 spiro atoms. The first-order valence-electron chi connectivity index (χ1n) is 9.71. The summed E-state index contributed by atoms with van der Waals surface area (Å²) in [5, 5.41) is 0.523. The monoisotopic (exact) mass is 417 g/mol. The molecule has 7 heteroatoms. The van der Waals surface area contributed by atoms with Crippen molar-refractivity contribution < 1.29 is 13.6 Å². The highest BCUT2D eigenvalue weighted by atomic mass is 32.1. The van der Waals surface area contributed by atoms with Crippen molar-refractivity contribution in [2.75, 3.05) is 31.1 Å². The molecule has 0 saturated carbocycles. The molecule has 0 saturated heterocycles. The van der Waals surface area contributed by atoms with Gasteiger partial charge in [-0.2, -0.15) is 0 Å². The van der Waals surface area contributed by atoms with Gasteiger partial charge in [0, 0.05) is 19.2 Å². The minimum atomic E-state index is -0.865. The van der Waals surface area contributed by atoms with Gasteiger partial charge in [-0.15, -0.1) is 0 Å². The smallest absolute Gasteiger partial charge is 0.263 e. The zero-order valence-electron chi connectivity index (χ0n) is 17.1. The van der Waals surface area contributed by atoms with Gasteiger partial charge in [-0.3, -0.25) is 9.69 Å². The van der Waals surface area contributed by atoms with Gasteiger partial charge in [0.1, 0.15) is 11.6 Å². The van der Waals surface area contributed by atoms with Gasteiger partial charge in [-0.25, -0.2) is 13.8 Å². The van der Waals surface area contributed by atoms with Gasteiger partial charge in [0.05, 0.1) is 15.8 Å². The number of fused-ring (bicyclic) bond motifs is 1. The summed E-state index contributed by atoms with van der Waals surface area (Å²) in [5.41, 5.74) is 2.89. The molecule has 0 aliphatic rings. The molecular weight excluding hydrogens is 392 g/mol. The van der Waals surface area contributed by atoms with E-state index in [1.165, 1.54) is 22.3 Å². The van der Waals surface area contributed by atoms with Gasteiger partial charge in [0.15, 0.2) is 5.13 Å². The summed E-state index contributed by atoms with van der Waals surface area (Å²) in [6.07, 6.45) is 0. The highest BCUT2D eigenvalue weighted by Crippen LogP contribution is 2.32. The lowest BCUT2D eigenvalue weighted by molar-refractivity contribution is 0.0980. The van der Waals surface area contributed by atoms with E-state index >= 15 is 0 Å². The van der Waals surface area contributed by atoms with Gasteiger partial charge < -0.3 is 4.90 Å². The number of benzene rings is 2. The van der Waals surface area contributed by atoms with Crippen molar-refractivity contribution in [2.24, 2.45) is 0 Å². The van der Waals surface area contributed by atoms with Crippen LogP contribution in [0.2, 0.25) is 0 Å². The second-order valence-corrected chi connectivity index (χ2v) is 7.97. The lowest BCUT2D eigenvalue weighted by atomic mass is 10.1. The number of halogens is 2.